The summed E-state index contributed by atoms with van der Waals surface area (Å²) in [4.78, 5) is 4.43. The zero-order valence-corrected chi connectivity index (χ0v) is 16.9. The smallest absolute Gasteiger partial charge is 0.201 e. The van der Waals surface area contributed by atoms with Crippen LogP contribution in [0.4, 0.5) is 10.3 Å². The van der Waals surface area contributed by atoms with Gasteiger partial charge < -0.3 is 15.0 Å². The second-order valence-corrected chi connectivity index (χ2v) is 7.37. The number of anilines is 1. The summed E-state index contributed by atoms with van der Waals surface area (Å²) in [6.07, 6.45) is 0.708. The molecule has 2 N–H and O–H groups in total. The zero-order valence-electron chi connectivity index (χ0n) is 15.4. The van der Waals surface area contributed by atoms with E-state index in [0.717, 1.165) is 22.2 Å². The van der Waals surface area contributed by atoms with Gasteiger partial charge in [0.05, 0.1) is 22.7 Å². The lowest BCUT2D eigenvalue weighted by molar-refractivity contribution is 0.303. The van der Waals surface area contributed by atoms with E-state index in [1.807, 2.05) is 22.8 Å². The highest BCUT2D eigenvalue weighted by Gasteiger charge is 2.10. The van der Waals surface area contributed by atoms with Crippen LogP contribution in [0.15, 0.2) is 60.7 Å². The van der Waals surface area contributed by atoms with E-state index in [1.165, 1.54) is 12.1 Å². The van der Waals surface area contributed by atoms with Crippen molar-refractivity contribution in [3.05, 3.63) is 76.5 Å². The number of benzene rings is 3. The topological polar surface area (TPSA) is 53.1 Å². The highest BCUT2D eigenvalue weighted by Crippen LogP contribution is 2.31. The second-order valence-electron chi connectivity index (χ2n) is 6.59. The number of nitrogen functional groups attached to an aromatic ring is 1. The van der Waals surface area contributed by atoms with Gasteiger partial charge in [0.25, 0.3) is 0 Å². The molecule has 29 heavy (non-hydrogen) atoms. The fraction of sp³-hybridized carbons (Fsp3) is 0.136. The first kappa shape index (κ1) is 19.6. The lowest BCUT2D eigenvalue weighted by Crippen LogP contribution is -2.07. The van der Waals surface area contributed by atoms with Crippen LogP contribution in [0.1, 0.15) is 6.42 Å². The molecular weight excluding hydrogens is 412 g/mol. The number of hydrogen-bond donors (Lipinski definition) is 1. The van der Waals surface area contributed by atoms with Crippen LogP contribution in [-0.4, -0.2) is 16.2 Å². The highest BCUT2D eigenvalue weighted by atomic mass is 35.5. The first-order valence-electron chi connectivity index (χ1n) is 9.11. The maximum atomic E-state index is 13.2. The summed E-state index contributed by atoms with van der Waals surface area (Å²) in [6.45, 7) is 1.09. The van der Waals surface area contributed by atoms with Crippen LogP contribution in [0.2, 0.25) is 10.0 Å². The van der Waals surface area contributed by atoms with Crippen LogP contribution in [0.5, 0.6) is 5.75 Å². The zero-order chi connectivity index (χ0) is 20.4. The minimum absolute atomic E-state index is 0.260. The molecule has 0 saturated heterocycles. The van der Waals surface area contributed by atoms with Crippen molar-refractivity contribution in [2.75, 3.05) is 12.3 Å². The molecule has 0 amide bonds. The first-order chi connectivity index (χ1) is 14.0. The van der Waals surface area contributed by atoms with Gasteiger partial charge in [-0.1, -0.05) is 47.5 Å². The van der Waals surface area contributed by atoms with Crippen molar-refractivity contribution in [2.45, 2.75) is 13.0 Å². The molecule has 0 aliphatic heterocycles. The Balaban J connectivity index is 1.50. The molecule has 4 rings (SSSR count). The third-order valence-corrected chi connectivity index (χ3v) is 5.46. The standard InChI is InChI=1S/C22H18Cl2FN3O/c23-17-3-1-4-20(21(17)24)29-12-2-11-28-19-13-15(7-10-18(19)27-22(28)26)14-5-8-16(25)9-6-14/h1,3-10,13H,2,11-12H2,(H2,26,27). The SMILES string of the molecule is Nc1nc2ccc(-c3ccc(F)cc3)cc2n1CCCOc1cccc(Cl)c1Cl. The van der Waals surface area contributed by atoms with Gasteiger partial charge in [0.15, 0.2) is 0 Å². The molecular formula is C22H18Cl2FN3O. The molecule has 4 aromatic rings. The minimum Gasteiger partial charge on any atom is -0.492 e. The lowest BCUT2D eigenvalue weighted by atomic mass is 10.1. The van der Waals surface area contributed by atoms with Gasteiger partial charge in [0, 0.05) is 6.54 Å². The Bertz CT molecular complexity index is 1160. The Morgan fingerprint density at radius 1 is 1.00 bits per heavy atom. The Kier molecular flexibility index (Phi) is 5.60. The molecule has 0 unspecified atom stereocenters. The first-order valence-corrected chi connectivity index (χ1v) is 9.87. The number of nitrogens with zero attached hydrogens (tertiary/aromatic N) is 2. The lowest BCUT2D eigenvalue weighted by Gasteiger charge is -2.10. The number of rotatable bonds is 6. The highest BCUT2D eigenvalue weighted by molar-refractivity contribution is 6.42. The van der Waals surface area contributed by atoms with Gasteiger partial charge in [-0.15, -0.1) is 0 Å². The van der Waals surface area contributed by atoms with E-state index in [2.05, 4.69) is 4.98 Å². The van der Waals surface area contributed by atoms with Crippen LogP contribution >= 0.6 is 23.2 Å². The number of hydrogen-bond acceptors (Lipinski definition) is 3. The number of aromatic nitrogens is 2. The van der Waals surface area contributed by atoms with Crippen molar-refractivity contribution in [1.82, 2.24) is 9.55 Å². The monoisotopic (exact) mass is 429 g/mol. The van der Waals surface area contributed by atoms with Crippen molar-refractivity contribution in [3.63, 3.8) is 0 Å². The van der Waals surface area contributed by atoms with Crippen molar-refractivity contribution >= 4 is 40.2 Å². The van der Waals surface area contributed by atoms with Crippen LogP contribution in [0.3, 0.4) is 0 Å². The minimum atomic E-state index is -0.260. The van der Waals surface area contributed by atoms with Crippen molar-refractivity contribution in [2.24, 2.45) is 0 Å². The third-order valence-electron chi connectivity index (χ3n) is 4.66. The number of ether oxygens (including phenoxy) is 1. The van der Waals surface area contributed by atoms with E-state index in [0.29, 0.717) is 41.3 Å². The molecule has 1 heterocycles. The van der Waals surface area contributed by atoms with Crippen molar-refractivity contribution in [3.8, 4) is 16.9 Å². The van der Waals surface area contributed by atoms with Crippen LogP contribution in [-0.2, 0) is 6.54 Å². The molecule has 1 aromatic heterocycles. The van der Waals surface area contributed by atoms with Gasteiger partial charge in [-0.3, -0.25) is 0 Å². The van der Waals surface area contributed by atoms with Crippen LogP contribution in [0.25, 0.3) is 22.2 Å². The van der Waals surface area contributed by atoms with Crippen molar-refractivity contribution < 1.29 is 9.13 Å². The van der Waals surface area contributed by atoms with Crippen molar-refractivity contribution in [1.29, 1.82) is 0 Å². The predicted octanol–water partition coefficient (Wildman–Crippen LogP) is 6.20. The number of aryl methyl sites for hydroxylation is 1. The maximum absolute atomic E-state index is 13.2. The molecule has 0 saturated carbocycles. The summed E-state index contributed by atoms with van der Waals surface area (Å²) < 4.78 is 20.9. The van der Waals surface area contributed by atoms with Gasteiger partial charge in [-0.05, 0) is 53.9 Å². The summed E-state index contributed by atoms with van der Waals surface area (Å²) in [6, 6.07) is 17.6. The van der Waals surface area contributed by atoms with Gasteiger partial charge >= 0.3 is 0 Å². The second kappa shape index (κ2) is 8.31. The largest absolute Gasteiger partial charge is 0.492 e. The average Bonchev–Trinajstić information content (AvgIpc) is 3.03. The number of fused-ring (bicyclic) bond motifs is 1. The van der Waals surface area contributed by atoms with E-state index in [4.69, 9.17) is 33.7 Å². The molecule has 3 aromatic carbocycles. The normalized spacial score (nSPS) is 11.1. The Morgan fingerprint density at radius 2 is 1.76 bits per heavy atom. The fourth-order valence-electron chi connectivity index (χ4n) is 3.20. The molecule has 0 radical (unpaired) electrons. The number of imidazole rings is 1. The third kappa shape index (κ3) is 4.16. The Labute approximate surface area is 177 Å². The van der Waals surface area contributed by atoms with E-state index < -0.39 is 0 Å². The maximum Gasteiger partial charge on any atom is 0.201 e. The fourth-order valence-corrected chi connectivity index (χ4v) is 3.54. The van der Waals surface area contributed by atoms with E-state index in [9.17, 15) is 4.39 Å². The summed E-state index contributed by atoms with van der Waals surface area (Å²) in [7, 11) is 0. The Hall–Kier alpha value is -2.76. The molecule has 0 atom stereocenters. The number of nitrogens with two attached hydrogens (primary N) is 1. The summed E-state index contributed by atoms with van der Waals surface area (Å²) >= 11 is 12.2. The van der Waals surface area contributed by atoms with Gasteiger partial charge in [0.2, 0.25) is 5.95 Å². The molecule has 0 spiro atoms. The van der Waals surface area contributed by atoms with Gasteiger partial charge in [0.1, 0.15) is 16.6 Å². The van der Waals surface area contributed by atoms with Gasteiger partial charge in [-0.2, -0.15) is 0 Å². The van der Waals surface area contributed by atoms with E-state index >= 15 is 0 Å². The quantitative estimate of drug-likeness (QED) is 0.371. The number of halogens is 3. The molecule has 0 aliphatic carbocycles. The van der Waals surface area contributed by atoms with Crippen LogP contribution in [0, 0.1) is 5.82 Å². The molecule has 0 aliphatic rings. The molecule has 0 fully saturated rings. The predicted molar refractivity (Wildman–Crippen MR) is 116 cm³/mol. The van der Waals surface area contributed by atoms with Gasteiger partial charge in [-0.25, -0.2) is 9.37 Å². The molecule has 148 valence electrons. The summed E-state index contributed by atoms with van der Waals surface area (Å²) in [5.41, 5.74) is 9.76. The summed E-state index contributed by atoms with van der Waals surface area (Å²) in [5.74, 6) is 0.738. The molecule has 4 nitrogen and oxygen atoms in total. The van der Waals surface area contributed by atoms with E-state index in [1.54, 1.807) is 30.3 Å². The summed E-state index contributed by atoms with van der Waals surface area (Å²) in [5, 5.41) is 0.869. The molecule has 7 heteroatoms. The average molecular weight is 430 g/mol. The molecule has 0 bridgehead atoms. The van der Waals surface area contributed by atoms with E-state index in [-0.39, 0.29) is 5.82 Å². The van der Waals surface area contributed by atoms with Crippen LogP contribution < -0.4 is 10.5 Å². The Morgan fingerprint density at radius 3 is 2.55 bits per heavy atom.